The number of amides is 1. The highest BCUT2D eigenvalue weighted by Crippen LogP contribution is 2.43. The van der Waals surface area contributed by atoms with Crippen molar-refractivity contribution in [3.63, 3.8) is 0 Å². The van der Waals surface area contributed by atoms with Crippen LogP contribution in [0.15, 0.2) is 28.6 Å². The number of rotatable bonds is 7. The molecular weight excluding hydrogens is 458 g/mol. The molecule has 1 saturated carbocycles. The van der Waals surface area contributed by atoms with Gasteiger partial charge in [-0.15, -0.1) is 0 Å². The molecule has 0 unspecified atom stereocenters. The van der Waals surface area contributed by atoms with E-state index in [1.54, 1.807) is 17.0 Å². The lowest BCUT2D eigenvalue weighted by Gasteiger charge is -2.44. The second kappa shape index (κ2) is 10.0. The van der Waals surface area contributed by atoms with Crippen LogP contribution in [0.2, 0.25) is 0 Å². The van der Waals surface area contributed by atoms with E-state index in [1.165, 1.54) is 0 Å². The molecule has 4 rings (SSSR count). The maximum absolute atomic E-state index is 13.3. The van der Waals surface area contributed by atoms with Crippen LogP contribution in [0.3, 0.4) is 0 Å². The zero-order valence-electron chi connectivity index (χ0n) is 22.1. The van der Waals surface area contributed by atoms with Crippen molar-refractivity contribution in [1.29, 1.82) is 0 Å². The predicted octanol–water partition coefficient (Wildman–Crippen LogP) is 4.29. The van der Waals surface area contributed by atoms with Crippen LogP contribution in [0, 0.1) is 0 Å². The lowest BCUT2D eigenvalue weighted by atomic mass is 9.97. The summed E-state index contributed by atoms with van der Waals surface area (Å²) in [4.78, 5) is 33.9. The minimum Gasteiger partial charge on any atom is -0.485 e. The summed E-state index contributed by atoms with van der Waals surface area (Å²) in [5.41, 5.74) is 8.31. The number of guanidine groups is 1. The summed E-state index contributed by atoms with van der Waals surface area (Å²) in [7, 11) is 1.83. The fourth-order valence-corrected chi connectivity index (χ4v) is 5.78. The first-order valence-corrected chi connectivity index (χ1v) is 13.1. The minimum atomic E-state index is -0.983. The molecule has 4 N–H and O–H groups in total. The van der Waals surface area contributed by atoms with Crippen molar-refractivity contribution in [2.75, 3.05) is 12.4 Å². The average molecular weight is 498 g/mol. The van der Waals surface area contributed by atoms with E-state index in [0.29, 0.717) is 36.3 Å². The molecule has 2 aliphatic heterocycles. The smallest absolute Gasteiger partial charge is 0.336 e. The second-order valence-corrected chi connectivity index (χ2v) is 10.6. The molecule has 1 aromatic carbocycles. The van der Waals surface area contributed by atoms with Crippen LogP contribution < -0.4 is 15.8 Å². The molecule has 0 aromatic heterocycles. The highest BCUT2D eigenvalue weighted by Gasteiger charge is 2.41. The van der Waals surface area contributed by atoms with Crippen LogP contribution in [-0.4, -0.2) is 57.5 Å². The lowest BCUT2D eigenvalue weighted by molar-refractivity contribution is -0.136. The van der Waals surface area contributed by atoms with Crippen LogP contribution in [0.5, 0.6) is 5.75 Å². The van der Waals surface area contributed by atoms with Gasteiger partial charge >= 0.3 is 5.97 Å². The van der Waals surface area contributed by atoms with Gasteiger partial charge in [0.15, 0.2) is 11.8 Å². The molecule has 1 fully saturated rings. The molecule has 1 atom stereocenters. The first-order chi connectivity index (χ1) is 17.1. The van der Waals surface area contributed by atoms with Crippen LogP contribution in [-0.2, 0) is 11.2 Å². The average Bonchev–Trinajstić information content (AvgIpc) is 3.45. The minimum absolute atomic E-state index is 0.107. The second-order valence-electron chi connectivity index (χ2n) is 10.6. The SMILES string of the molecule is CCCC1=C(N=C(N)Nc2ccc(C(=O)O)c3c2OC(C)(C)C3)N(C2CCCC2)[C@H](CC)C(=O)N1C. The number of nitrogens with one attached hydrogen (secondary N) is 1. The van der Waals surface area contributed by atoms with Crippen molar-refractivity contribution in [1.82, 2.24) is 9.80 Å². The Bertz CT molecular complexity index is 1100. The summed E-state index contributed by atoms with van der Waals surface area (Å²) < 4.78 is 6.12. The Morgan fingerprint density at radius 1 is 1.28 bits per heavy atom. The number of hydrogen-bond acceptors (Lipinski definition) is 5. The predicted molar refractivity (Wildman–Crippen MR) is 140 cm³/mol. The number of carboxylic acids is 1. The largest absolute Gasteiger partial charge is 0.485 e. The maximum Gasteiger partial charge on any atom is 0.336 e. The van der Waals surface area contributed by atoms with Gasteiger partial charge in [0.25, 0.3) is 0 Å². The number of carbonyl (C=O) groups excluding carboxylic acids is 1. The molecule has 0 saturated heterocycles. The molecule has 196 valence electrons. The molecular formula is C27H39N5O4. The Morgan fingerprint density at radius 2 is 1.97 bits per heavy atom. The van der Waals surface area contributed by atoms with E-state index in [9.17, 15) is 14.7 Å². The molecule has 3 aliphatic rings. The van der Waals surface area contributed by atoms with E-state index in [-0.39, 0.29) is 29.5 Å². The number of carbonyl (C=O) groups is 2. The third-order valence-corrected chi connectivity index (χ3v) is 7.41. The number of likely N-dealkylation sites (N-methyl/N-ethyl adjacent to an activating group) is 1. The summed E-state index contributed by atoms with van der Waals surface area (Å²) >= 11 is 0. The quantitative estimate of drug-likeness (QED) is 0.380. The Hall–Kier alpha value is -3.23. The normalized spacial score (nSPS) is 22.2. The third-order valence-electron chi connectivity index (χ3n) is 7.41. The van der Waals surface area contributed by atoms with Gasteiger partial charge in [0.05, 0.1) is 16.9 Å². The van der Waals surface area contributed by atoms with Crippen molar-refractivity contribution < 1.29 is 19.4 Å². The van der Waals surface area contributed by atoms with Gasteiger partial charge in [0.1, 0.15) is 17.4 Å². The first kappa shape index (κ1) is 25.9. The van der Waals surface area contributed by atoms with Crippen LogP contribution in [0.25, 0.3) is 0 Å². The topological polar surface area (TPSA) is 120 Å². The molecule has 0 bridgehead atoms. The van der Waals surface area contributed by atoms with Crippen molar-refractivity contribution in [2.45, 2.75) is 96.7 Å². The molecule has 9 heteroatoms. The molecule has 9 nitrogen and oxygen atoms in total. The zero-order chi connectivity index (χ0) is 26.2. The summed E-state index contributed by atoms with van der Waals surface area (Å²) in [5, 5.41) is 12.8. The van der Waals surface area contributed by atoms with E-state index in [4.69, 9.17) is 15.5 Å². The van der Waals surface area contributed by atoms with E-state index in [0.717, 1.165) is 43.6 Å². The maximum atomic E-state index is 13.3. The molecule has 1 amide bonds. The molecule has 0 spiro atoms. The number of ether oxygens (including phenoxy) is 1. The number of nitrogens with two attached hydrogens (primary N) is 1. The number of allylic oxidation sites excluding steroid dienone is 1. The van der Waals surface area contributed by atoms with Gasteiger partial charge < -0.3 is 30.7 Å². The molecule has 1 aromatic rings. The van der Waals surface area contributed by atoms with Crippen molar-refractivity contribution in [2.24, 2.45) is 10.7 Å². The van der Waals surface area contributed by atoms with Crippen molar-refractivity contribution >= 4 is 23.5 Å². The summed E-state index contributed by atoms with van der Waals surface area (Å²) in [6, 6.07) is 3.24. The Morgan fingerprint density at radius 3 is 2.58 bits per heavy atom. The van der Waals surface area contributed by atoms with Gasteiger partial charge in [-0.05, 0) is 51.7 Å². The van der Waals surface area contributed by atoms with Crippen LogP contribution in [0.4, 0.5) is 5.69 Å². The highest BCUT2D eigenvalue weighted by atomic mass is 16.5. The van der Waals surface area contributed by atoms with Gasteiger partial charge in [0, 0.05) is 25.1 Å². The van der Waals surface area contributed by atoms with E-state index < -0.39 is 11.6 Å². The van der Waals surface area contributed by atoms with E-state index in [2.05, 4.69) is 17.1 Å². The first-order valence-electron chi connectivity index (χ1n) is 13.1. The number of anilines is 1. The molecule has 36 heavy (non-hydrogen) atoms. The van der Waals surface area contributed by atoms with Gasteiger partial charge in [-0.1, -0.05) is 33.1 Å². The van der Waals surface area contributed by atoms with Gasteiger partial charge in [0.2, 0.25) is 5.91 Å². The highest BCUT2D eigenvalue weighted by molar-refractivity contribution is 5.98. The Labute approximate surface area is 213 Å². The molecule has 0 radical (unpaired) electrons. The van der Waals surface area contributed by atoms with Gasteiger partial charge in [-0.2, -0.15) is 4.99 Å². The molecule has 1 aliphatic carbocycles. The van der Waals surface area contributed by atoms with E-state index >= 15 is 0 Å². The number of aliphatic imine (C=N–C) groups is 1. The number of aromatic carboxylic acids is 1. The van der Waals surface area contributed by atoms with Crippen molar-refractivity contribution in [3.8, 4) is 5.75 Å². The number of hydrogen-bond donors (Lipinski definition) is 3. The van der Waals surface area contributed by atoms with Gasteiger partial charge in [-0.25, -0.2) is 4.79 Å². The lowest BCUT2D eigenvalue weighted by Crippen LogP contribution is -2.54. The summed E-state index contributed by atoms with van der Waals surface area (Å²) in [6.45, 7) is 7.99. The number of nitrogens with zero attached hydrogens (tertiary/aromatic N) is 3. The number of benzene rings is 1. The van der Waals surface area contributed by atoms with Crippen LogP contribution in [0.1, 0.15) is 88.6 Å². The third kappa shape index (κ3) is 4.75. The molecule has 2 heterocycles. The van der Waals surface area contributed by atoms with Gasteiger partial charge in [-0.3, -0.25) is 4.79 Å². The number of carboxylic acid groups (broad SMARTS) is 1. The zero-order valence-corrected chi connectivity index (χ0v) is 22.1. The van der Waals surface area contributed by atoms with Crippen molar-refractivity contribution in [3.05, 3.63) is 34.8 Å². The standard InChI is InChI=1S/C27H39N5O4/c1-6-10-21-23(32(16-11-8-9-12-16)20(7-2)24(33)31(21)5)30-26(28)29-19-14-13-17(25(34)35)18-15-27(3,4)36-22(18)19/h13-14,16,20H,6-12,15H2,1-5H3,(H,34,35)(H3,28,29,30)/t20-/m1/s1. The summed E-state index contributed by atoms with van der Waals surface area (Å²) in [6.07, 6.45) is 7.13. The Kier molecular flexibility index (Phi) is 7.20. The fourth-order valence-electron chi connectivity index (χ4n) is 5.78. The fraction of sp³-hybridized carbons (Fsp3) is 0.593. The monoisotopic (exact) mass is 497 g/mol. The van der Waals surface area contributed by atoms with Crippen LogP contribution >= 0.6 is 0 Å². The number of fused-ring (bicyclic) bond motifs is 1. The summed E-state index contributed by atoms with van der Waals surface area (Å²) in [5.74, 6) is 0.551. The Balaban J connectivity index is 1.75. The van der Waals surface area contributed by atoms with E-state index in [1.807, 2.05) is 27.8 Å².